The zero-order valence-electron chi connectivity index (χ0n) is 9.87. The Morgan fingerprint density at radius 2 is 2.18 bits per heavy atom. The monoisotopic (exact) mass is 330 g/mol. The fourth-order valence-corrected chi connectivity index (χ4v) is 4.48. The summed E-state index contributed by atoms with van der Waals surface area (Å²) in [5, 5.41) is 1.11. The lowest BCUT2D eigenvalue weighted by atomic mass is 10.0. The Kier molecular flexibility index (Phi) is 4.36. The zero-order valence-corrected chi connectivity index (χ0v) is 13.1. The Hall–Kier alpha value is -0.230. The molecule has 17 heavy (non-hydrogen) atoms. The average molecular weight is 331 g/mol. The molecule has 0 fully saturated rings. The number of aryl methyl sites for hydroxylation is 1. The first-order valence-corrected chi connectivity index (χ1v) is 8.01. The molecular formula is C12H15BrN2S2. The summed E-state index contributed by atoms with van der Waals surface area (Å²) in [7, 11) is 0. The topological polar surface area (TPSA) is 38.9 Å². The highest BCUT2D eigenvalue weighted by atomic mass is 79.9. The first-order chi connectivity index (χ1) is 8.15. The maximum atomic E-state index is 5.81. The van der Waals surface area contributed by atoms with Gasteiger partial charge in [0.1, 0.15) is 5.01 Å². The van der Waals surface area contributed by atoms with Gasteiger partial charge < -0.3 is 5.73 Å². The molecule has 0 saturated heterocycles. The summed E-state index contributed by atoms with van der Waals surface area (Å²) < 4.78 is 1.15. The predicted octanol–water partition coefficient (Wildman–Crippen LogP) is 4.39. The molecule has 0 aliphatic carbocycles. The molecule has 5 heteroatoms. The first-order valence-electron chi connectivity index (χ1n) is 5.58. The highest BCUT2D eigenvalue weighted by Crippen LogP contribution is 2.37. The number of hydrogen-bond donors (Lipinski definition) is 1. The van der Waals surface area contributed by atoms with E-state index in [0.29, 0.717) is 12.5 Å². The number of thiophene rings is 1. The van der Waals surface area contributed by atoms with Crippen LogP contribution in [0, 0.1) is 6.92 Å². The van der Waals surface area contributed by atoms with Gasteiger partial charge in [-0.3, -0.25) is 0 Å². The van der Waals surface area contributed by atoms with Crippen molar-refractivity contribution in [3.05, 3.63) is 26.5 Å². The van der Waals surface area contributed by atoms with Crippen LogP contribution in [0.3, 0.4) is 0 Å². The van der Waals surface area contributed by atoms with E-state index in [1.54, 1.807) is 22.7 Å². The van der Waals surface area contributed by atoms with E-state index >= 15 is 0 Å². The van der Waals surface area contributed by atoms with Crippen LogP contribution in [-0.2, 0) is 0 Å². The summed E-state index contributed by atoms with van der Waals surface area (Å²) in [6, 6.07) is 4.18. The molecule has 2 nitrogen and oxygen atoms in total. The molecule has 2 rings (SSSR count). The van der Waals surface area contributed by atoms with E-state index in [-0.39, 0.29) is 0 Å². The second kappa shape index (κ2) is 5.61. The Balaban J connectivity index is 2.36. The van der Waals surface area contributed by atoms with E-state index in [1.165, 1.54) is 9.75 Å². The minimum absolute atomic E-state index is 0.449. The molecule has 0 amide bonds. The van der Waals surface area contributed by atoms with Crippen LogP contribution < -0.4 is 5.73 Å². The van der Waals surface area contributed by atoms with E-state index in [2.05, 4.69) is 46.9 Å². The summed E-state index contributed by atoms with van der Waals surface area (Å²) in [4.78, 5) is 7.23. The molecule has 0 aliphatic heterocycles. The predicted molar refractivity (Wildman–Crippen MR) is 80.0 cm³/mol. The van der Waals surface area contributed by atoms with Crippen LogP contribution in [0.1, 0.15) is 29.8 Å². The van der Waals surface area contributed by atoms with Crippen LogP contribution in [0.25, 0.3) is 9.88 Å². The van der Waals surface area contributed by atoms with Crippen molar-refractivity contribution in [3.8, 4) is 9.88 Å². The molecule has 2 N–H and O–H groups in total. The molecule has 0 aliphatic rings. The summed E-state index contributed by atoms with van der Waals surface area (Å²) in [6.45, 7) is 4.96. The molecule has 1 unspecified atom stereocenters. The van der Waals surface area contributed by atoms with Gasteiger partial charge in [0.05, 0.1) is 14.4 Å². The van der Waals surface area contributed by atoms with Crippen molar-refractivity contribution in [2.75, 3.05) is 6.54 Å². The molecular weight excluding hydrogens is 316 g/mol. The number of aromatic nitrogens is 1. The van der Waals surface area contributed by atoms with Gasteiger partial charge >= 0.3 is 0 Å². The fourth-order valence-electron chi connectivity index (χ4n) is 1.78. The number of halogens is 1. The molecule has 0 aromatic carbocycles. The second-order valence-electron chi connectivity index (χ2n) is 3.91. The van der Waals surface area contributed by atoms with Gasteiger partial charge in [0.2, 0.25) is 0 Å². The van der Waals surface area contributed by atoms with Gasteiger partial charge in [0.15, 0.2) is 0 Å². The lowest BCUT2D eigenvalue weighted by Gasteiger charge is -2.09. The van der Waals surface area contributed by atoms with Crippen LogP contribution in [-0.4, -0.2) is 11.5 Å². The molecule has 0 spiro atoms. The van der Waals surface area contributed by atoms with Crippen molar-refractivity contribution >= 4 is 38.6 Å². The fraction of sp³-hybridized carbons (Fsp3) is 0.417. The van der Waals surface area contributed by atoms with Crippen molar-refractivity contribution < 1.29 is 0 Å². The van der Waals surface area contributed by atoms with E-state index in [9.17, 15) is 0 Å². The van der Waals surface area contributed by atoms with E-state index in [1.807, 2.05) is 0 Å². The zero-order chi connectivity index (χ0) is 12.4. The van der Waals surface area contributed by atoms with Gasteiger partial charge in [0, 0.05) is 17.3 Å². The minimum Gasteiger partial charge on any atom is -0.330 e. The third-order valence-electron chi connectivity index (χ3n) is 2.76. The van der Waals surface area contributed by atoms with Crippen LogP contribution in [0.15, 0.2) is 15.9 Å². The molecule has 0 radical (unpaired) electrons. The molecule has 1 atom stereocenters. The number of nitrogens with two attached hydrogens (primary N) is 1. The molecule has 2 aromatic heterocycles. The largest absolute Gasteiger partial charge is 0.330 e. The van der Waals surface area contributed by atoms with Gasteiger partial charge in [-0.25, -0.2) is 4.98 Å². The lowest BCUT2D eigenvalue weighted by Crippen LogP contribution is -2.11. The highest BCUT2D eigenvalue weighted by Gasteiger charge is 2.17. The Labute approximate surface area is 118 Å². The van der Waals surface area contributed by atoms with Crippen molar-refractivity contribution in [2.24, 2.45) is 5.73 Å². The van der Waals surface area contributed by atoms with E-state index in [0.717, 1.165) is 20.9 Å². The number of hydrogen-bond acceptors (Lipinski definition) is 4. The van der Waals surface area contributed by atoms with Crippen molar-refractivity contribution in [1.82, 2.24) is 4.98 Å². The molecule has 2 heterocycles. The maximum absolute atomic E-state index is 5.81. The smallest absolute Gasteiger partial charge is 0.133 e. The van der Waals surface area contributed by atoms with Gasteiger partial charge in [-0.05, 0) is 41.4 Å². The van der Waals surface area contributed by atoms with Crippen LogP contribution in [0.2, 0.25) is 0 Å². The summed E-state index contributed by atoms with van der Waals surface area (Å²) in [6.07, 6.45) is 1.08. The van der Waals surface area contributed by atoms with Crippen molar-refractivity contribution in [1.29, 1.82) is 0 Å². The third kappa shape index (κ3) is 2.78. The van der Waals surface area contributed by atoms with Crippen molar-refractivity contribution in [3.63, 3.8) is 0 Å². The SMILES string of the molecule is CCC(CN)c1sc(-c2ccc(Br)s2)nc1C. The van der Waals surface area contributed by atoms with E-state index < -0.39 is 0 Å². The number of thiazole rings is 1. The standard InChI is InChI=1S/C12H15BrN2S2/c1-3-8(6-14)11-7(2)15-12(17-11)9-4-5-10(13)16-9/h4-5,8H,3,6,14H2,1-2H3. The van der Waals surface area contributed by atoms with Crippen LogP contribution in [0.5, 0.6) is 0 Å². The van der Waals surface area contributed by atoms with Gasteiger partial charge in [0.25, 0.3) is 0 Å². The maximum Gasteiger partial charge on any atom is 0.133 e. The molecule has 0 saturated carbocycles. The van der Waals surface area contributed by atoms with Gasteiger partial charge in [-0.1, -0.05) is 6.92 Å². The Bertz CT molecular complexity index is 500. The third-order valence-corrected chi connectivity index (χ3v) is 5.88. The minimum atomic E-state index is 0.449. The molecule has 0 bridgehead atoms. The summed E-state index contributed by atoms with van der Waals surface area (Å²) in [5.41, 5.74) is 6.94. The first kappa shape index (κ1) is 13.2. The summed E-state index contributed by atoms with van der Waals surface area (Å²) >= 11 is 6.99. The normalized spacial score (nSPS) is 12.9. The second-order valence-corrected chi connectivity index (χ2v) is 7.41. The quantitative estimate of drug-likeness (QED) is 0.902. The van der Waals surface area contributed by atoms with E-state index in [4.69, 9.17) is 5.73 Å². The van der Waals surface area contributed by atoms with Gasteiger partial charge in [-0.2, -0.15) is 0 Å². The Morgan fingerprint density at radius 1 is 1.41 bits per heavy atom. The van der Waals surface area contributed by atoms with Crippen molar-refractivity contribution in [2.45, 2.75) is 26.2 Å². The number of rotatable bonds is 4. The van der Waals surface area contributed by atoms with Crippen LogP contribution in [0.4, 0.5) is 0 Å². The highest BCUT2D eigenvalue weighted by molar-refractivity contribution is 9.11. The average Bonchev–Trinajstić information content (AvgIpc) is 2.88. The number of nitrogens with zero attached hydrogens (tertiary/aromatic N) is 1. The van der Waals surface area contributed by atoms with Crippen LogP contribution >= 0.6 is 38.6 Å². The van der Waals surface area contributed by atoms with Gasteiger partial charge in [-0.15, -0.1) is 22.7 Å². The lowest BCUT2D eigenvalue weighted by molar-refractivity contribution is 0.680. The molecule has 92 valence electrons. The Morgan fingerprint density at radius 3 is 2.71 bits per heavy atom. The molecule has 2 aromatic rings. The summed E-state index contributed by atoms with van der Waals surface area (Å²) in [5.74, 6) is 0.449.